The number of likely N-dealkylation sites (tertiary alicyclic amines) is 2. The van der Waals surface area contributed by atoms with Crippen LogP contribution < -0.4 is 10.6 Å². The molecule has 44 heavy (non-hydrogen) atoms. The van der Waals surface area contributed by atoms with E-state index in [1.165, 1.54) is 7.11 Å². The lowest BCUT2D eigenvalue weighted by atomic mass is 10.1. The topological polar surface area (TPSA) is 134 Å². The van der Waals surface area contributed by atoms with Gasteiger partial charge in [0.1, 0.15) is 24.5 Å². The van der Waals surface area contributed by atoms with Crippen molar-refractivity contribution in [2.75, 3.05) is 37.4 Å². The lowest BCUT2D eigenvalue weighted by Crippen LogP contribution is -2.44. The smallest absolute Gasteiger partial charge is 0.249 e. The number of hydrogen-bond donors (Lipinski definition) is 2. The van der Waals surface area contributed by atoms with Crippen molar-refractivity contribution in [3.8, 4) is 0 Å². The molecular formula is C33H37N5O6. The molecule has 230 valence electrons. The molecule has 1 aromatic heterocycles. The Bertz CT molecular complexity index is 1510. The molecule has 2 aliphatic heterocycles. The van der Waals surface area contributed by atoms with Gasteiger partial charge in [-0.25, -0.2) is 0 Å². The quantitative estimate of drug-likeness (QED) is 0.338. The molecule has 5 rings (SSSR count). The summed E-state index contributed by atoms with van der Waals surface area (Å²) in [6, 6.07) is 15.7. The van der Waals surface area contributed by atoms with Gasteiger partial charge in [-0.15, -0.1) is 0 Å². The number of ether oxygens (including phenoxy) is 1. The largest absolute Gasteiger partial charge is 0.375 e. The summed E-state index contributed by atoms with van der Waals surface area (Å²) in [5, 5.41) is 9.68. The Morgan fingerprint density at radius 3 is 1.80 bits per heavy atom. The maximum atomic E-state index is 13.0. The van der Waals surface area contributed by atoms with Crippen LogP contribution >= 0.6 is 0 Å². The number of aryl methyl sites for hydroxylation is 1. The number of amides is 4. The van der Waals surface area contributed by atoms with Crippen molar-refractivity contribution in [2.45, 2.75) is 51.1 Å². The summed E-state index contributed by atoms with van der Waals surface area (Å²) >= 11 is 0. The van der Waals surface area contributed by atoms with Crippen LogP contribution in [0.15, 0.2) is 59.1 Å². The predicted molar refractivity (Wildman–Crippen MR) is 165 cm³/mol. The molecule has 0 aliphatic carbocycles. The normalized spacial score (nSPS) is 18.1. The van der Waals surface area contributed by atoms with E-state index in [9.17, 15) is 19.2 Å². The molecule has 0 spiro atoms. The average molecular weight is 600 g/mol. The predicted octanol–water partition coefficient (Wildman–Crippen LogP) is 3.90. The second-order valence-electron chi connectivity index (χ2n) is 11.1. The van der Waals surface area contributed by atoms with Crippen molar-refractivity contribution < 1.29 is 28.4 Å². The molecule has 2 aliphatic rings. The molecule has 2 aromatic carbocycles. The summed E-state index contributed by atoms with van der Waals surface area (Å²) in [4.78, 5) is 54.1. The molecule has 11 nitrogen and oxygen atoms in total. The Hall–Kier alpha value is -4.77. The number of rotatable bonds is 10. The van der Waals surface area contributed by atoms with Crippen LogP contribution in [0.1, 0.15) is 48.3 Å². The average Bonchev–Trinajstić information content (AvgIpc) is 3.79. The van der Waals surface area contributed by atoms with Gasteiger partial charge in [-0.2, -0.15) is 0 Å². The molecule has 4 amide bonds. The molecule has 3 heterocycles. The van der Waals surface area contributed by atoms with Gasteiger partial charge < -0.3 is 29.7 Å². The summed E-state index contributed by atoms with van der Waals surface area (Å²) in [6.07, 6.45) is 6.80. The van der Waals surface area contributed by atoms with E-state index >= 15 is 0 Å². The van der Waals surface area contributed by atoms with Gasteiger partial charge >= 0.3 is 0 Å². The SMILES string of the molecule is COCC(=O)N1CCC[C@H]1C(=O)Nc1ccc(/C=C/c2ccc(NC(=O)C3CCCN3C(=O)Cc3cc(C)no3)cc2)cc1. The van der Waals surface area contributed by atoms with Crippen LogP contribution in [-0.4, -0.2) is 77.5 Å². The zero-order valence-electron chi connectivity index (χ0n) is 25.0. The van der Waals surface area contributed by atoms with Crippen LogP contribution in [0.4, 0.5) is 11.4 Å². The van der Waals surface area contributed by atoms with Crippen molar-refractivity contribution in [1.29, 1.82) is 0 Å². The lowest BCUT2D eigenvalue weighted by Gasteiger charge is -2.23. The molecule has 1 unspecified atom stereocenters. The second-order valence-corrected chi connectivity index (χ2v) is 11.1. The molecule has 0 saturated carbocycles. The molecule has 3 aromatic rings. The number of carbonyl (C=O) groups is 4. The molecule has 2 N–H and O–H groups in total. The van der Waals surface area contributed by atoms with E-state index in [1.807, 2.05) is 60.7 Å². The van der Waals surface area contributed by atoms with Crippen LogP contribution in [0.2, 0.25) is 0 Å². The molecular weight excluding hydrogens is 562 g/mol. The summed E-state index contributed by atoms with van der Waals surface area (Å²) in [7, 11) is 1.47. The highest BCUT2D eigenvalue weighted by Gasteiger charge is 2.35. The number of anilines is 2. The van der Waals surface area contributed by atoms with Crippen molar-refractivity contribution in [2.24, 2.45) is 0 Å². The molecule has 2 fully saturated rings. The third-order valence-corrected chi connectivity index (χ3v) is 7.85. The van der Waals surface area contributed by atoms with E-state index in [4.69, 9.17) is 9.26 Å². The number of nitrogens with zero attached hydrogens (tertiary/aromatic N) is 3. The fraction of sp³-hybridized carbons (Fsp3) is 0.364. The first-order chi connectivity index (χ1) is 21.3. The lowest BCUT2D eigenvalue weighted by molar-refractivity contribution is -0.139. The Labute approximate surface area is 256 Å². The van der Waals surface area contributed by atoms with Gasteiger partial charge in [-0.3, -0.25) is 19.2 Å². The van der Waals surface area contributed by atoms with Gasteiger partial charge in [0.25, 0.3) is 0 Å². The molecule has 2 saturated heterocycles. The monoisotopic (exact) mass is 599 g/mol. The standard InChI is InChI=1S/C33H37N5O6/c1-22-19-27(44-36-22)20-30(39)37-17-3-5-28(37)32(41)34-25-13-9-23(10-14-25)7-8-24-11-15-26(16-12-24)35-33(42)29-6-4-18-38(29)31(40)21-43-2/h7-16,19,28-29H,3-6,17-18,20-21H2,1-2H3,(H,34,41)(H,35,42)/b8-7+/t28?,29-/m0/s1. The summed E-state index contributed by atoms with van der Waals surface area (Å²) in [5.74, 6) is -0.236. The zero-order valence-corrected chi connectivity index (χ0v) is 25.0. The van der Waals surface area contributed by atoms with E-state index in [0.29, 0.717) is 48.8 Å². The Morgan fingerprint density at radius 1 is 0.841 bits per heavy atom. The minimum absolute atomic E-state index is 0.0323. The third kappa shape index (κ3) is 7.59. The van der Waals surface area contributed by atoms with Crippen molar-refractivity contribution in [3.05, 3.63) is 77.2 Å². The zero-order chi connectivity index (χ0) is 31.1. The number of nitrogens with one attached hydrogen (secondary N) is 2. The maximum absolute atomic E-state index is 13.0. The number of aromatic nitrogens is 1. The molecule has 2 atom stereocenters. The fourth-order valence-electron chi connectivity index (χ4n) is 5.63. The van der Waals surface area contributed by atoms with Gasteiger partial charge in [-0.05, 0) is 68.0 Å². The summed E-state index contributed by atoms with van der Waals surface area (Å²) in [5.41, 5.74) is 3.93. The Balaban J connectivity index is 1.11. The second kappa shape index (κ2) is 14.1. The van der Waals surface area contributed by atoms with Crippen molar-refractivity contribution in [3.63, 3.8) is 0 Å². The number of benzene rings is 2. The number of methoxy groups -OCH3 is 1. The number of hydrogen-bond acceptors (Lipinski definition) is 7. The Morgan fingerprint density at radius 2 is 1.34 bits per heavy atom. The fourth-order valence-corrected chi connectivity index (χ4v) is 5.63. The first-order valence-electron chi connectivity index (χ1n) is 14.8. The van der Waals surface area contributed by atoms with Crippen molar-refractivity contribution >= 4 is 47.2 Å². The molecule has 0 radical (unpaired) electrons. The van der Waals surface area contributed by atoms with Gasteiger partial charge in [0.15, 0.2) is 0 Å². The Kier molecular flexibility index (Phi) is 9.86. The summed E-state index contributed by atoms with van der Waals surface area (Å²) < 4.78 is 10.1. The van der Waals surface area contributed by atoms with Crippen LogP contribution in [0.5, 0.6) is 0 Å². The van der Waals surface area contributed by atoms with Gasteiger partial charge in [0.05, 0.1) is 12.1 Å². The van der Waals surface area contributed by atoms with E-state index in [0.717, 1.165) is 24.0 Å². The van der Waals surface area contributed by atoms with E-state index < -0.39 is 12.1 Å². The highest BCUT2D eigenvalue weighted by molar-refractivity contribution is 5.98. The maximum Gasteiger partial charge on any atom is 0.249 e. The van der Waals surface area contributed by atoms with Gasteiger partial charge in [0, 0.05) is 37.6 Å². The summed E-state index contributed by atoms with van der Waals surface area (Å²) in [6.45, 7) is 2.86. The highest BCUT2D eigenvalue weighted by Crippen LogP contribution is 2.23. The van der Waals surface area contributed by atoms with Crippen LogP contribution in [0, 0.1) is 6.92 Å². The van der Waals surface area contributed by atoms with Crippen LogP contribution in [-0.2, 0) is 30.3 Å². The molecule has 11 heteroatoms. The van der Waals surface area contributed by atoms with Crippen molar-refractivity contribution in [1.82, 2.24) is 15.0 Å². The van der Waals surface area contributed by atoms with E-state index in [2.05, 4.69) is 15.8 Å². The molecule has 0 bridgehead atoms. The van der Waals surface area contributed by atoms with E-state index in [-0.39, 0.29) is 36.7 Å². The van der Waals surface area contributed by atoms with E-state index in [1.54, 1.807) is 22.8 Å². The third-order valence-electron chi connectivity index (χ3n) is 7.85. The van der Waals surface area contributed by atoms with Gasteiger partial charge in [0.2, 0.25) is 23.6 Å². The van der Waals surface area contributed by atoms with Gasteiger partial charge in [-0.1, -0.05) is 41.6 Å². The highest BCUT2D eigenvalue weighted by atomic mass is 16.5. The number of carbonyl (C=O) groups excluding carboxylic acids is 4. The first-order valence-corrected chi connectivity index (χ1v) is 14.8. The minimum Gasteiger partial charge on any atom is -0.375 e. The minimum atomic E-state index is -0.519. The van der Waals surface area contributed by atoms with Crippen LogP contribution in [0.25, 0.3) is 12.2 Å². The first kappa shape index (κ1) is 30.7. The van der Waals surface area contributed by atoms with Crippen LogP contribution in [0.3, 0.4) is 0 Å².